The van der Waals surface area contributed by atoms with E-state index in [9.17, 15) is 0 Å². The van der Waals surface area contributed by atoms with Gasteiger partial charge in [0.15, 0.2) is 0 Å². The van der Waals surface area contributed by atoms with Crippen LogP contribution >= 0.6 is 0 Å². The van der Waals surface area contributed by atoms with Gasteiger partial charge in [0, 0.05) is 32.7 Å². The van der Waals surface area contributed by atoms with Crippen LogP contribution in [0.25, 0.3) is 0 Å². The molecule has 0 aliphatic carbocycles. The van der Waals surface area contributed by atoms with Gasteiger partial charge in [0.25, 0.3) is 0 Å². The molecule has 0 bridgehead atoms. The van der Waals surface area contributed by atoms with Gasteiger partial charge in [0.2, 0.25) is 0 Å². The summed E-state index contributed by atoms with van der Waals surface area (Å²) < 4.78 is 7.24. The van der Waals surface area contributed by atoms with Crippen LogP contribution in [-0.4, -0.2) is 49.3 Å². The Bertz CT molecular complexity index is 93.7. The first-order valence-corrected chi connectivity index (χ1v) is 3.40. The molecule has 1 rings (SSSR count). The Morgan fingerprint density at radius 2 is 2.22 bits per heavy atom. The van der Waals surface area contributed by atoms with Crippen LogP contribution in [0.15, 0.2) is 0 Å². The van der Waals surface area contributed by atoms with Gasteiger partial charge in [0.05, 0.1) is 6.61 Å². The summed E-state index contributed by atoms with van der Waals surface area (Å²) in [6, 6.07) is 0. The van der Waals surface area contributed by atoms with Gasteiger partial charge in [0.1, 0.15) is 1.41 Å². The molecule has 2 N–H and O–H groups in total. The average Bonchev–Trinajstić information content (AvgIpc) is 1.95. The van der Waals surface area contributed by atoms with Crippen LogP contribution in [0, 0.1) is 0 Å². The molecule has 1 saturated heterocycles. The summed E-state index contributed by atoms with van der Waals surface area (Å²) in [6.45, 7) is 4.44. The van der Waals surface area contributed by atoms with Crippen LogP contribution in [0.1, 0.15) is 0 Å². The summed E-state index contributed by atoms with van der Waals surface area (Å²) in [5.74, 6) is 0. The van der Waals surface area contributed by atoms with Crippen molar-refractivity contribution in [2.45, 2.75) is 0 Å². The highest BCUT2D eigenvalue weighted by Gasteiger charge is 2.06. The standard InChI is InChI=1S/C6H14N2O/c9-6-5-8-3-1-7-2-4-8/h7,9H,1-6H2/i/hD. The number of β-amino-alcohol motifs (C(OH)–C–C–N with tert-alkyl or cyclic N) is 1. The van der Waals surface area contributed by atoms with Crippen molar-refractivity contribution in [3.63, 3.8) is 0 Å². The van der Waals surface area contributed by atoms with Crippen LogP contribution < -0.4 is 5.31 Å². The number of hydrogen-bond acceptors (Lipinski definition) is 3. The number of piperazine rings is 1. The first-order valence-electron chi connectivity index (χ1n) is 3.84. The maximum atomic E-state index is 8.58. The van der Waals surface area contributed by atoms with Gasteiger partial charge in [-0.05, 0) is 0 Å². The number of aliphatic hydroxyl groups excluding tert-OH is 1. The Kier molecular flexibility index (Phi) is 2.40. The lowest BCUT2D eigenvalue weighted by molar-refractivity contribution is 0.180. The molecule has 1 heterocycles. The van der Waals surface area contributed by atoms with Gasteiger partial charge in [-0.25, -0.2) is 0 Å². The van der Waals surface area contributed by atoms with Crippen molar-refractivity contribution in [1.29, 1.82) is 0 Å². The summed E-state index contributed by atoms with van der Waals surface area (Å²) in [5.41, 5.74) is 0. The lowest BCUT2D eigenvalue weighted by Gasteiger charge is -2.25. The second-order valence-electron chi connectivity index (χ2n) is 2.24. The second kappa shape index (κ2) is 3.82. The van der Waals surface area contributed by atoms with E-state index in [-0.39, 0.29) is 6.61 Å². The van der Waals surface area contributed by atoms with Gasteiger partial charge in [-0.3, -0.25) is 4.90 Å². The van der Waals surface area contributed by atoms with Crippen LogP contribution in [0.2, 0.25) is 1.41 Å². The zero-order valence-electron chi connectivity index (χ0n) is 6.58. The van der Waals surface area contributed by atoms with E-state index in [2.05, 4.69) is 4.90 Å². The number of hydrogen-bond donors (Lipinski definition) is 2. The lowest BCUT2D eigenvalue weighted by atomic mass is 10.4. The summed E-state index contributed by atoms with van der Waals surface area (Å²) in [6.07, 6.45) is 0. The summed E-state index contributed by atoms with van der Waals surface area (Å²) in [7, 11) is 0. The van der Waals surface area contributed by atoms with Crippen molar-refractivity contribution < 1.29 is 6.52 Å². The van der Waals surface area contributed by atoms with Crippen LogP contribution in [0.3, 0.4) is 0 Å². The molecule has 0 aromatic rings. The lowest BCUT2D eigenvalue weighted by Crippen LogP contribution is -2.44. The molecule has 0 atom stereocenters. The monoisotopic (exact) mass is 131 g/mol. The molecule has 0 saturated carbocycles. The molecule has 9 heavy (non-hydrogen) atoms. The van der Waals surface area contributed by atoms with E-state index < -0.39 is 0 Å². The Hall–Kier alpha value is -0.120. The predicted molar refractivity (Wildman–Crippen MR) is 36.4 cm³/mol. The molecule has 0 unspecified atom stereocenters. The van der Waals surface area contributed by atoms with Crippen molar-refractivity contribution in [1.82, 2.24) is 10.2 Å². The summed E-state index contributed by atoms with van der Waals surface area (Å²) in [5, 5.41) is 10.1. The molecule has 0 amide bonds. The highest BCUT2D eigenvalue weighted by molar-refractivity contribution is 4.66. The molecule has 1 fully saturated rings. The Balaban J connectivity index is 2.13. The van der Waals surface area contributed by atoms with E-state index in [1.165, 1.54) is 0 Å². The molecule has 1 aliphatic heterocycles. The van der Waals surface area contributed by atoms with Gasteiger partial charge < -0.3 is 10.4 Å². The van der Waals surface area contributed by atoms with Crippen LogP contribution in [0.5, 0.6) is 0 Å². The zero-order valence-corrected chi connectivity index (χ0v) is 5.58. The SMILES string of the molecule is [2H]N1CCN(CCO)CC1. The van der Waals surface area contributed by atoms with E-state index in [4.69, 9.17) is 6.52 Å². The highest BCUT2D eigenvalue weighted by atomic mass is 16.3. The fourth-order valence-electron chi connectivity index (χ4n) is 1.01. The average molecular weight is 131 g/mol. The van der Waals surface area contributed by atoms with Gasteiger partial charge >= 0.3 is 0 Å². The third-order valence-electron chi connectivity index (χ3n) is 1.56. The van der Waals surface area contributed by atoms with E-state index in [0.717, 1.165) is 32.7 Å². The van der Waals surface area contributed by atoms with Crippen molar-refractivity contribution >= 4 is 0 Å². The molecule has 3 nitrogen and oxygen atoms in total. The third kappa shape index (κ3) is 2.30. The number of nitrogens with zero attached hydrogens (tertiary/aromatic N) is 1. The van der Waals surface area contributed by atoms with E-state index in [1.807, 2.05) is 0 Å². The summed E-state index contributed by atoms with van der Waals surface area (Å²) >= 11 is 0. The number of aliphatic hydroxyl groups is 1. The molecule has 1 aliphatic rings. The number of rotatable bonds is 2. The minimum atomic E-state index is 0.234. The van der Waals surface area contributed by atoms with Crippen LogP contribution in [0.4, 0.5) is 0 Å². The topological polar surface area (TPSA) is 35.5 Å². The fourth-order valence-corrected chi connectivity index (χ4v) is 1.01. The molecular weight excluding hydrogens is 116 g/mol. The molecule has 0 aromatic carbocycles. The number of nitrogens with one attached hydrogen (secondary N) is 1. The maximum absolute atomic E-state index is 8.58. The Morgan fingerprint density at radius 3 is 2.78 bits per heavy atom. The van der Waals surface area contributed by atoms with Gasteiger partial charge in [-0.15, -0.1) is 0 Å². The van der Waals surface area contributed by atoms with Crippen molar-refractivity contribution in [2.75, 3.05) is 39.3 Å². The molecule has 0 aromatic heterocycles. The largest absolute Gasteiger partial charge is 0.395 e. The first kappa shape index (κ1) is 5.65. The summed E-state index contributed by atoms with van der Waals surface area (Å²) in [4.78, 5) is 2.17. The smallest absolute Gasteiger partial charge is 0.122 e. The van der Waals surface area contributed by atoms with Crippen molar-refractivity contribution in [3.8, 4) is 0 Å². The first-order chi connectivity index (χ1) is 4.83. The normalized spacial score (nSPS) is 26.1. The van der Waals surface area contributed by atoms with Crippen LogP contribution in [-0.2, 0) is 0 Å². The van der Waals surface area contributed by atoms with Gasteiger partial charge in [-0.2, -0.15) is 0 Å². The van der Waals surface area contributed by atoms with E-state index in [1.54, 1.807) is 5.31 Å². The molecule has 54 valence electrons. The third-order valence-corrected chi connectivity index (χ3v) is 1.56. The Morgan fingerprint density at radius 1 is 1.56 bits per heavy atom. The molecular formula is C6H14N2O. The highest BCUT2D eigenvalue weighted by Crippen LogP contribution is 1.88. The predicted octanol–water partition coefficient (Wildman–Crippen LogP) is -1.12. The molecule has 0 radical (unpaired) electrons. The minimum absolute atomic E-state index is 0.234. The van der Waals surface area contributed by atoms with Crippen molar-refractivity contribution in [3.05, 3.63) is 0 Å². The fraction of sp³-hybridized carbons (Fsp3) is 1.00. The van der Waals surface area contributed by atoms with Gasteiger partial charge in [-0.1, -0.05) is 0 Å². The second-order valence-corrected chi connectivity index (χ2v) is 2.24. The molecule has 3 heteroatoms. The maximum Gasteiger partial charge on any atom is 0.122 e. The Labute approximate surface area is 57.1 Å². The molecule has 0 spiro atoms. The van der Waals surface area contributed by atoms with E-state index >= 15 is 0 Å². The van der Waals surface area contributed by atoms with Crippen molar-refractivity contribution in [2.24, 2.45) is 0 Å². The zero-order chi connectivity index (χ0) is 7.40. The van der Waals surface area contributed by atoms with E-state index in [0.29, 0.717) is 0 Å². The quantitative estimate of drug-likeness (QED) is 0.498. The minimum Gasteiger partial charge on any atom is -0.395 e.